The molecule has 0 saturated carbocycles. The fraction of sp³-hybridized carbons (Fsp3) is 0.367. The Kier molecular flexibility index (Phi) is 6.69. The van der Waals surface area contributed by atoms with Gasteiger partial charge in [0.15, 0.2) is 0 Å². The maximum Gasteiger partial charge on any atom is 0.304 e. The van der Waals surface area contributed by atoms with Gasteiger partial charge in [-0.3, -0.25) is 9.69 Å². The summed E-state index contributed by atoms with van der Waals surface area (Å²) in [6, 6.07) is 14.9. The first-order chi connectivity index (χ1) is 18.0. The third kappa shape index (κ3) is 5.13. The van der Waals surface area contributed by atoms with Gasteiger partial charge in [0, 0.05) is 44.2 Å². The second-order valence-corrected chi connectivity index (χ2v) is 11.0. The molecule has 0 saturated heterocycles. The van der Waals surface area contributed by atoms with E-state index in [4.69, 9.17) is 4.74 Å². The first kappa shape index (κ1) is 25.9. The number of rotatable bonds is 6. The van der Waals surface area contributed by atoms with Crippen molar-refractivity contribution in [3.05, 3.63) is 87.7 Å². The second-order valence-electron chi connectivity index (χ2n) is 11.0. The quantitative estimate of drug-likeness (QED) is 0.364. The molecule has 0 amide bonds. The molecule has 7 nitrogen and oxygen atoms in total. The predicted molar refractivity (Wildman–Crippen MR) is 144 cm³/mol. The van der Waals surface area contributed by atoms with Gasteiger partial charge in [-0.05, 0) is 67.6 Å². The Balaban J connectivity index is 1.50. The standard InChI is InChI=1S/C30H33FN4O3/c1-18-6-7-20(25(14-28(36)37)24-10-11-26-29(19(24)2)32-33-34(26)5)12-22(18)16-35-15-21-8-9-23(31)13-27(21)38-30(3,4)17-35/h6-13,25H,14-17H2,1-5H3,(H,36,37). The first-order valence-electron chi connectivity index (χ1n) is 12.8. The molecular formula is C30H33FN4O3. The Hall–Kier alpha value is -3.78. The van der Waals surface area contributed by atoms with Crippen LogP contribution in [0.4, 0.5) is 4.39 Å². The number of hydrogen-bond donors (Lipinski definition) is 1. The maximum absolute atomic E-state index is 13.9. The van der Waals surface area contributed by atoms with E-state index >= 15 is 0 Å². The van der Waals surface area contributed by atoms with E-state index in [-0.39, 0.29) is 18.2 Å². The molecule has 3 aromatic carbocycles. The molecule has 1 aliphatic heterocycles. The van der Waals surface area contributed by atoms with Gasteiger partial charge < -0.3 is 9.84 Å². The number of hydrogen-bond acceptors (Lipinski definition) is 5. The van der Waals surface area contributed by atoms with E-state index in [0.717, 1.165) is 44.4 Å². The van der Waals surface area contributed by atoms with Crippen molar-refractivity contribution < 1.29 is 19.0 Å². The average Bonchev–Trinajstić information content (AvgIpc) is 3.16. The van der Waals surface area contributed by atoms with Gasteiger partial charge in [0.25, 0.3) is 0 Å². The van der Waals surface area contributed by atoms with Crippen LogP contribution >= 0.6 is 0 Å². The molecule has 1 atom stereocenters. The minimum atomic E-state index is -0.856. The summed E-state index contributed by atoms with van der Waals surface area (Å²) < 4.78 is 21.8. The van der Waals surface area contributed by atoms with Gasteiger partial charge >= 0.3 is 5.97 Å². The van der Waals surface area contributed by atoms with Crippen molar-refractivity contribution in [2.75, 3.05) is 6.54 Å². The number of carboxylic acids is 1. The molecule has 2 heterocycles. The molecule has 4 aromatic rings. The minimum Gasteiger partial charge on any atom is -0.486 e. The molecule has 1 aromatic heterocycles. The number of carbonyl (C=O) groups is 1. The molecule has 0 bridgehead atoms. The number of aromatic nitrogens is 3. The lowest BCUT2D eigenvalue weighted by molar-refractivity contribution is -0.137. The molecule has 198 valence electrons. The van der Waals surface area contributed by atoms with E-state index in [1.807, 2.05) is 46.0 Å². The van der Waals surface area contributed by atoms with E-state index in [9.17, 15) is 14.3 Å². The zero-order valence-electron chi connectivity index (χ0n) is 22.5. The number of ether oxygens (including phenoxy) is 1. The monoisotopic (exact) mass is 516 g/mol. The number of benzene rings is 3. The summed E-state index contributed by atoms with van der Waals surface area (Å²) in [6.07, 6.45) is -0.0291. The van der Waals surface area contributed by atoms with Gasteiger partial charge in [0.2, 0.25) is 0 Å². The van der Waals surface area contributed by atoms with Crippen molar-refractivity contribution in [3.8, 4) is 5.75 Å². The Morgan fingerprint density at radius 3 is 2.71 bits per heavy atom. The zero-order chi connectivity index (χ0) is 27.2. The summed E-state index contributed by atoms with van der Waals surface area (Å²) in [6.45, 7) is 10.0. The summed E-state index contributed by atoms with van der Waals surface area (Å²) >= 11 is 0. The molecule has 0 fully saturated rings. The van der Waals surface area contributed by atoms with Crippen molar-refractivity contribution in [1.82, 2.24) is 19.9 Å². The molecule has 0 radical (unpaired) electrons. The fourth-order valence-electron chi connectivity index (χ4n) is 5.56. The van der Waals surface area contributed by atoms with Crippen LogP contribution in [-0.4, -0.2) is 43.1 Å². The molecule has 8 heteroatoms. The van der Waals surface area contributed by atoms with Crippen LogP contribution in [-0.2, 0) is 24.9 Å². The van der Waals surface area contributed by atoms with E-state index in [0.29, 0.717) is 25.4 Å². The third-order valence-electron chi connectivity index (χ3n) is 7.42. The smallest absolute Gasteiger partial charge is 0.304 e. The highest BCUT2D eigenvalue weighted by Crippen LogP contribution is 2.35. The van der Waals surface area contributed by atoms with Crippen LogP contribution in [0.2, 0.25) is 0 Å². The lowest BCUT2D eigenvalue weighted by atomic mass is 9.84. The van der Waals surface area contributed by atoms with E-state index in [2.05, 4.69) is 34.3 Å². The maximum atomic E-state index is 13.9. The number of carboxylic acid groups (broad SMARTS) is 1. The SMILES string of the molecule is Cc1ccc(C(CC(=O)O)c2ccc3c(nnn3C)c2C)cc1CN1Cc2ccc(F)cc2OC(C)(C)C1. The summed E-state index contributed by atoms with van der Waals surface area (Å²) in [5.74, 6) is -0.910. The summed E-state index contributed by atoms with van der Waals surface area (Å²) in [4.78, 5) is 14.3. The molecule has 1 unspecified atom stereocenters. The highest BCUT2D eigenvalue weighted by Gasteiger charge is 2.30. The Bertz CT molecular complexity index is 1530. The summed E-state index contributed by atoms with van der Waals surface area (Å²) in [5, 5.41) is 18.3. The Morgan fingerprint density at radius 2 is 1.95 bits per heavy atom. The number of halogens is 1. The fourth-order valence-corrected chi connectivity index (χ4v) is 5.56. The first-order valence-corrected chi connectivity index (χ1v) is 12.8. The number of fused-ring (bicyclic) bond motifs is 2. The summed E-state index contributed by atoms with van der Waals surface area (Å²) in [7, 11) is 1.85. The van der Waals surface area contributed by atoms with Crippen molar-refractivity contribution in [3.63, 3.8) is 0 Å². The van der Waals surface area contributed by atoms with Crippen molar-refractivity contribution in [2.45, 2.75) is 58.7 Å². The topological polar surface area (TPSA) is 80.5 Å². The number of aryl methyl sites for hydroxylation is 3. The molecule has 38 heavy (non-hydrogen) atoms. The highest BCUT2D eigenvalue weighted by atomic mass is 19.1. The van der Waals surface area contributed by atoms with Gasteiger partial charge in [-0.15, -0.1) is 5.10 Å². The molecule has 1 N–H and O–H groups in total. The van der Waals surface area contributed by atoms with Crippen LogP contribution in [0.1, 0.15) is 59.6 Å². The van der Waals surface area contributed by atoms with Crippen LogP contribution in [0, 0.1) is 19.7 Å². The molecule has 5 rings (SSSR count). The van der Waals surface area contributed by atoms with Crippen molar-refractivity contribution in [2.24, 2.45) is 7.05 Å². The van der Waals surface area contributed by atoms with E-state index < -0.39 is 11.6 Å². The lowest BCUT2D eigenvalue weighted by Gasteiger charge is -2.30. The molecule has 1 aliphatic rings. The van der Waals surface area contributed by atoms with Crippen LogP contribution in [0.5, 0.6) is 5.75 Å². The van der Waals surface area contributed by atoms with Crippen LogP contribution in [0.3, 0.4) is 0 Å². The highest BCUT2D eigenvalue weighted by molar-refractivity contribution is 5.80. The van der Waals surface area contributed by atoms with Gasteiger partial charge in [0.1, 0.15) is 22.7 Å². The number of nitrogens with zero attached hydrogens (tertiary/aromatic N) is 4. The molecule has 0 spiro atoms. The normalized spacial score (nSPS) is 16.1. The van der Waals surface area contributed by atoms with Gasteiger partial charge in [-0.1, -0.05) is 35.5 Å². The van der Waals surface area contributed by atoms with E-state index in [1.54, 1.807) is 10.7 Å². The van der Waals surface area contributed by atoms with Crippen LogP contribution in [0.25, 0.3) is 11.0 Å². The zero-order valence-corrected chi connectivity index (χ0v) is 22.5. The minimum absolute atomic E-state index is 0.0291. The van der Waals surface area contributed by atoms with Gasteiger partial charge in [-0.2, -0.15) is 0 Å². The van der Waals surface area contributed by atoms with E-state index in [1.165, 1.54) is 12.1 Å². The van der Waals surface area contributed by atoms with Crippen LogP contribution < -0.4 is 4.74 Å². The molecular weight excluding hydrogens is 483 g/mol. The van der Waals surface area contributed by atoms with Gasteiger partial charge in [-0.25, -0.2) is 9.07 Å². The largest absolute Gasteiger partial charge is 0.486 e. The Morgan fingerprint density at radius 1 is 1.16 bits per heavy atom. The van der Waals surface area contributed by atoms with Gasteiger partial charge in [0.05, 0.1) is 11.9 Å². The number of aliphatic carboxylic acids is 1. The molecule has 0 aliphatic carbocycles. The summed E-state index contributed by atoms with van der Waals surface area (Å²) in [5.41, 5.74) is 7.23. The van der Waals surface area contributed by atoms with Crippen LogP contribution in [0.15, 0.2) is 48.5 Å². The third-order valence-corrected chi connectivity index (χ3v) is 7.42. The van der Waals surface area contributed by atoms with Crippen molar-refractivity contribution in [1.29, 1.82) is 0 Å². The average molecular weight is 517 g/mol. The van der Waals surface area contributed by atoms with Crippen molar-refractivity contribution >= 4 is 17.0 Å². The predicted octanol–water partition coefficient (Wildman–Crippen LogP) is 5.50. The lowest BCUT2D eigenvalue weighted by Crippen LogP contribution is -2.40. The Labute approximate surface area is 221 Å². The second kappa shape index (κ2) is 9.83.